The second-order valence-electron chi connectivity index (χ2n) is 8.12. The van der Waals surface area contributed by atoms with E-state index in [1.807, 2.05) is 30.3 Å². The van der Waals surface area contributed by atoms with Gasteiger partial charge in [-0.1, -0.05) is 31.5 Å². The van der Waals surface area contributed by atoms with E-state index in [2.05, 4.69) is 43.9 Å². The molecule has 0 atom stereocenters. The maximum atomic E-state index is 11.6. The average molecular weight is 424 g/mol. The first-order chi connectivity index (χ1) is 15.0. The molecule has 0 unspecified atom stereocenters. The number of hydrogen-bond acceptors (Lipinski definition) is 4. The van der Waals surface area contributed by atoms with Crippen molar-refractivity contribution in [2.75, 3.05) is 31.3 Å². The Labute approximate surface area is 185 Å². The van der Waals surface area contributed by atoms with Gasteiger partial charge in [0.25, 0.3) is 0 Å². The van der Waals surface area contributed by atoms with Crippen LogP contribution in [-0.2, 0) is 9.53 Å². The number of rotatable bonds is 10. The monoisotopic (exact) mass is 423 g/mol. The molecule has 1 heterocycles. The van der Waals surface area contributed by atoms with Gasteiger partial charge in [0.05, 0.1) is 6.61 Å². The zero-order valence-corrected chi connectivity index (χ0v) is 18.8. The summed E-state index contributed by atoms with van der Waals surface area (Å²) in [6.45, 7) is 9.04. The van der Waals surface area contributed by atoms with Crippen LogP contribution in [0.25, 0.3) is 17.2 Å². The van der Waals surface area contributed by atoms with Gasteiger partial charge in [0.2, 0.25) is 0 Å². The van der Waals surface area contributed by atoms with Crippen molar-refractivity contribution in [1.82, 2.24) is 0 Å². The number of carboxylic acid groups (broad SMARTS) is 1. The summed E-state index contributed by atoms with van der Waals surface area (Å²) in [6, 6.07) is 14.6. The minimum Gasteiger partial charge on any atom is -0.491 e. The first-order valence-electron chi connectivity index (χ1n) is 11.1. The number of carbonyl (C=O) groups is 1. The van der Waals surface area contributed by atoms with Crippen molar-refractivity contribution >= 4 is 17.7 Å². The molecule has 31 heavy (non-hydrogen) atoms. The van der Waals surface area contributed by atoms with E-state index in [9.17, 15) is 9.90 Å². The van der Waals surface area contributed by atoms with Crippen LogP contribution in [0.1, 0.15) is 45.6 Å². The van der Waals surface area contributed by atoms with Crippen molar-refractivity contribution < 1.29 is 19.4 Å². The van der Waals surface area contributed by atoms with Gasteiger partial charge in [0.1, 0.15) is 12.4 Å². The summed E-state index contributed by atoms with van der Waals surface area (Å²) in [4.78, 5) is 13.9. The summed E-state index contributed by atoms with van der Waals surface area (Å²) in [6.07, 6.45) is 4.56. The lowest BCUT2D eigenvalue weighted by atomic mass is 10.00. The van der Waals surface area contributed by atoms with Crippen molar-refractivity contribution in [3.05, 3.63) is 53.6 Å². The zero-order valence-electron chi connectivity index (χ0n) is 18.8. The predicted molar refractivity (Wildman–Crippen MR) is 126 cm³/mol. The van der Waals surface area contributed by atoms with Crippen LogP contribution < -0.4 is 9.64 Å². The van der Waals surface area contributed by atoms with Crippen LogP contribution in [0.4, 0.5) is 5.69 Å². The number of fused-ring (bicyclic) bond motifs is 1. The molecule has 0 aromatic heterocycles. The minimum atomic E-state index is -0.845. The van der Waals surface area contributed by atoms with Gasteiger partial charge in [-0.15, -0.1) is 0 Å². The molecule has 1 aliphatic rings. The number of aliphatic carboxylic acids is 1. The standard InChI is InChI=1S/C26H33NO4/c1-4-5-14-30-15-16-31-24-9-6-20(7-10-24)21-8-11-25-23(17-21)18-22(26(28)29)12-13-27(25)19(2)3/h6-11,17-19H,4-5,12-16H2,1-3H3,(H,28,29). The Morgan fingerprint density at radius 2 is 1.81 bits per heavy atom. The van der Waals surface area contributed by atoms with Gasteiger partial charge in [0.15, 0.2) is 0 Å². The smallest absolute Gasteiger partial charge is 0.331 e. The van der Waals surface area contributed by atoms with Crippen LogP contribution in [0, 0.1) is 0 Å². The molecule has 0 spiro atoms. The summed E-state index contributed by atoms with van der Waals surface area (Å²) in [5.74, 6) is -0.0289. The van der Waals surface area contributed by atoms with E-state index in [0.29, 0.717) is 37.8 Å². The SMILES string of the molecule is CCCCOCCOc1ccc(-c2ccc3c(c2)C=C(C(=O)O)CCN3C(C)C)cc1. The number of ether oxygens (including phenoxy) is 2. The maximum Gasteiger partial charge on any atom is 0.331 e. The van der Waals surface area contributed by atoms with Gasteiger partial charge < -0.3 is 19.5 Å². The first kappa shape index (κ1) is 22.9. The molecule has 0 aliphatic carbocycles. The molecule has 0 bridgehead atoms. The number of anilines is 1. The van der Waals surface area contributed by atoms with E-state index >= 15 is 0 Å². The number of hydrogen-bond donors (Lipinski definition) is 1. The van der Waals surface area contributed by atoms with Gasteiger partial charge >= 0.3 is 5.97 Å². The summed E-state index contributed by atoms with van der Waals surface area (Å²) in [5.41, 5.74) is 4.61. The third-order valence-electron chi connectivity index (χ3n) is 5.51. The average Bonchev–Trinajstić information content (AvgIpc) is 2.96. The quantitative estimate of drug-likeness (QED) is 0.502. The third-order valence-corrected chi connectivity index (χ3v) is 5.51. The van der Waals surface area contributed by atoms with Gasteiger partial charge in [-0.25, -0.2) is 4.79 Å². The Morgan fingerprint density at radius 3 is 2.48 bits per heavy atom. The van der Waals surface area contributed by atoms with E-state index < -0.39 is 5.97 Å². The van der Waals surface area contributed by atoms with Crippen LogP contribution in [0.5, 0.6) is 5.75 Å². The predicted octanol–water partition coefficient (Wildman–Crippen LogP) is 5.64. The molecule has 0 amide bonds. The molecule has 1 aliphatic heterocycles. The molecule has 0 saturated heterocycles. The Bertz CT molecular complexity index is 902. The molecule has 0 fully saturated rings. The summed E-state index contributed by atoms with van der Waals surface area (Å²) in [7, 11) is 0. The van der Waals surface area contributed by atoms with E-state index in [4.69, 9.17) is 9.47 Å². The molecule has 0 radical (unpaired) electrons. The molecule has 5 heteroatoms. The number of benzene rings is 2. The van der Waals surface area contributed by atoms with Crippen LogP contribution in [-0.4, -0.2) is 43.5 Å². The van der Waals surface area contributed by atoms with Gasteiger partial charge in [0, 0.05) is 30.5 Å². The van der Waals surface area contributed by atoms with E-state index in [1.165, 1.54) is 0 Å². The Hall–Kier alpha value is -2.79. The Morgan fingerprint density at radius 1 is 1.06 bits per heavy atom. The lowest BCUT2D eigenvalue weighted by molar-refractivity contribution is -0.132. The topological polar surface area (TPSA) is 59.0 Å². The Kier molecular flexibility index (Phi) is 8.13. The maximum absolute atomic E-state index is 11.6. The second-order valence-corrected chi connectivity index (χ2v) is 8.12. The molecule has 166 valence electrons. The normalized spacial score (nSPS) is 13.5. The lowest BCUT2D eigenvalue weighted by Crippen LogP contribution is -2.32. The minimum absolute atomic E-state index is 0.300. The van der Waals surface area contributed by atoms with Gasteiger partial charge in [-0.2, -0.15) is 0 Å². The van der Waals surface area contributed by atoms with Crippen LogP contribution in [0.15, 0.2) is 48.0 Å². The lowest BCUT2D eigenvalue weighted by Gasteiger charge is -2.29. The highest BCUT2D eigenvalue weighted by molar-refractivity contribution is 5.94. The van der Waals surface area contributed by atoms with Crippen LogP contribution in [0.3, 0.4) is 0 Å². The fraction of sp³-hybridized carbons (Fsp3) is 0.423. The molecule has 3 rings (SSSR count). The fourth-order valence-corrected chi connectivity index (χ4v) is 3.75. The number of nitrogens with zero attached hydrogens (tertiary/aromatic N) is 1. The van der Waals surface area contributed by atoms with Crippen molar-refractivity contribution in [3.63, 3.8) is 0 Å². The van der Waals surface area contributed by atoms with Crippen LogP contribution in [0.2, 0.25) is 0 Å². The van der Waals surface area contributed by atoms with Crippen LogP contribution >= 0.6 is 0 Å². The molecule has 1 N–H and O–H groups in total. The second kappa shape index (κ2) is 11.0. The highest BCUT2D eigenvalue weighted by Gasteiger charge is 2.21. The summed E-state index contributed by atoms with van der Waals surface area (Å²) >= 11 is 0. The van der Waals surface area contributed by atoms with Crippen molar-refractivity contribution in [2.45, 2.75) is 46.1 Å². The van der Waals surface area contributed by atoms with E-state index in [-0.39, 0.29) is 0 Å². The highest BCUT2D eigenvalue weighted by Crippen LogP contribution is 2.33. The van der Waals surface area contributed by atoms with Gasteiger partial charge in [-0.05, 0) is 73.7 Å². The molecule has 0 saturated carbocycles. The van der Waals surface area contributed by atoms with Crippen molar-refractivity contribution in [1.29, 1.82) is 0 Å². The van der Waals surface area contributed by atoms with Crippen molar-refractivity contribution in [2.24, 2.45) is 0 Å². The number of unbranched alkanes of at least 4 members (excludes halogenated alkanes) is 1. The molecular formula is C26H33NO4. The van der Waals surface area contributed by atoms with Crippen molar-refractivity contribution in [3.8, 4) is 16.9 Å². The summed E-state index contributed by atoms with van der Waals surface area (Å²) < 4.78 is 11.3. The molecular weight excluding hydrogens is 390 g/mol. The molecule has 2 aromatic rings. The summed E-state index contributed by atoms with van der Waals surface area (Å²) in [5, 5.41) is 9.55. The number of carboxylic acids is 1. The van der Waals surface area contributed by atoms with E-state index in [1.54, 1.807) is 0 Å². The largest absolute Gasteiger partial charge is 0.491 e. The molecule has 2 aromatic carbocycles. The zero-order chi connectivity index (χ0) is 22.2. The van der Waals surface area contributed by atoms with Gasteiger partial charge in [-0.3, -0.25) is 0 Å². The fourth-order valence-electron chi connectivity index (χ4n) is 3.75. The Balaban J connectivity index is 1.75. The first-order valence-corrected chi connectivity index (χ1v) is 11.1. The molecule has 5 nitrogen and oxygen atoms in total. The highest BCUT2D eigenvalue weighted by atomic mass is 16.5. The third kappa shape index (κ3) is 6.11. The van der Waals surface area contributed by atoms with E-state index in [0.717, 1.165) is 47.6 Å².